The maximum atomic E-state index is 12.9. The van der Waals surface area contributed by atoms with Crippen LogP contribution in [0.15, 0.2) is 66.9 Å². The van der Waals surface area contributed by atoms with Crippen LogP contribution in [0.2, 0.25) is 0 Å². The molecule has 2 aromatic carbocycles. The fourth-order valence-corrected chi connectivity index (χ4v) is 5.19. The maximum absolute atomic E-state index is 12.9. The third-order valence-corrected chi connectivity index (χ3v) is 7.15. The SMILES string of the molecule is Cc1cc(-c2nc3cccnc3s2)ccc1NC(=O)c1sc(-c2ccccc2)nc1C. The highest BCUT2D eigenvalue weighted by atomic mass is 32.1. The van der Waals surface area contributed by atoms with Gasteiger partial charge in [0.1, 0.15) is 25.2 Å². The minimum atomic E-state index is -0.141. The summed E-state index contributed by atoms with van der Waals surface area (Å²) in [5.41, 5.74) is 5.41. The van der Waals surface area contributed by atoms with Gasteiger partial charge in [-0.25, -0.2) is 15.0 Å². The molecule has 1 amide bonds. The average molecular weight is 443 g/mol. The van der Waals surface area contributed by atoms with Crippen molar-refractivity contribution in [3.8, 4) is 21.1 Å². The summed E-state index contributed by atoms with van der Waals surface area (Å²) >= 11 is 2.97. The Hall–Kier alpha value is -3.42. The Labute approximate surface area is 187 Å². The molecular formula is C24H18N4OS2. The molecule has 0 aliphatic rings. The van der Waals surface area contributed by atoms with Crippen LogP contribution in [-0.2, 0) is 0 Å². The number of benzene rings is 2. The molecule has 0 radical (unpaired) electrons. The van der Waals surface area contributed by atoms with Crippen molar-refractivity contribution < 1.29 is 4.79 Å². The number of hydrogen-bond donors (Lipinski definition) is 1. The van der Waals surface area contributed by atoms with Crippen molar-refractivity contribution in [1.82, 2.24) is 15.0 Å². The number of hydrogen-bond acceptors (Lipinski definition) is 6. The second-order valence-electron chi connectivity index (χ2n) is 7.13. The Morgan fingerprint density at radius 1 is 0.871 bits per heavy atom. The monoisotopic (exact) mass is 442 g/mol. The number of aromatic nitrogens is 3. The minimum Gasteiger partial charge on any atom is -0.321 e. The van der Waals surface area contributed by atoms with Crippen molar-refractivity contribution in [3.63, 3.8) is 0 Å². The normalized spacial score (nSPS) is 11.0. The number of thiazole rings is 2. The van der Waals surface area contributed by atoms with Gasteiger partial charge in [-0.3, -0.25) is 4.79 Å². The number of nitrogens with zero attached hydrogens (tertiary/aromatic N) is 3. The molecule has 7 heteroatoms. The lowest BCUT2D eigenvalue weighted by atomic mass is 10.1. The number of amides is 1. The van der Waals surface area contributed by atoms with Gasteiger partial charge in [-0.2, -0.15) is 0 Å². The summed E-state index contributed by atoms with van der Waals surface area (Å²) in [4.78, 5) is 28.1. The van der Waals surface area contributed by atoms with Crippen LogP contribution in [0.1, 0.15) is 20.9 Å². The molecule has 0 fully saturated rings. The van der Waals surface area contributed by atoms with Crippen LogP contribution in [0.5, 0.6) is 0 Å². The van der Waals surface area contributed by atoms with Gasteiger partial charge in [0.15, 0.2) is 0 Å². The molecule has 31 heavy (non-hydrogen) atoms. The number of rotatable bonds is 4. The van der Waals surface area contributed by atoms with E-state index in [1.165, 1.54) is 11.3 Å². The number of carbonyl (C=O) groups is 1. The molecule has 3 aromatic heterocycles. The molecule has 152 valence electrons. The van der Waals surface area contributed by atoms with Crippen LogP contribution in [0.25, 0.3) is 31.5 Å². The number of pyridine rings is 1. The van der Waals surface area contributed by atoms with Gasteiger partial charge in [-0.15, -0.1) is 11.3 Å². The molecule has 0 saturated heterocycles. The Kier molecular flexibility index (Phi) is 5.05. The molecule has 0 unspecified atom stereocenters. The van der Waals surface area contributed by atoms with E-state index in [4.69, 9.17) is 0 Å². The van der Waals surface area contributed by atoms with Crippen LogP contribution in [0.4, 0.5) is 5.69 Å². The third kappa shape index (κ3) is 3.85. The highest BCUT2D eigenvalue weighted by molar-refractivity contribution is 7.21. The molecule has 0 atom stereocenters. The lowest BCUT2D eigenvalue weighted by Gasteiger charge is -2.09. The third-order valence-electron chi connectivity index (χ3n) is 4.91. The zero-order valence-electron chi connectivity index (χ0n) is 16.9. The van der Waals surface area contributed by atoms with Gasteiger partial charge in [0, 0.05) is 23.0 Å². The van der Waals surface area contributed by atoms with Crippen LogP contribution >= 0.6 is 22.7 Å². The van der Waals surface area contributed by atoms with Gasteiger partial charge in [-0.1, -0.05) is 41.7 Å². The predicted molar refractivity (Wildman–Crippen MR) is 128 cm³/mol. The highest BCUT2D eigenvalue weighted by Gasteiger charge is 2.17. The number of aryl methyl sites for hydroxylation is 2. The van der Waals surface area contributed by atoms with E-state index in [-0.39, 0.29) is 5.91 Å². The van der Waals surface area contributed by atoms with Crippen molar-refractivity contribution in [1.29, 1.82) is 0 Å². The Bertz CT molecular complexity index is 1370. The molecule has 0 saturated carbocycles. The van der Waals surface area contributed by atoms with Crippen LogP contribution < -0.4 is 5.32 Å². The van der Waals surface area contributed by atoms with Gasteiger partial charge in [0.25, 0.3) is 5.91 Å². The first-order valence-electron chi connectivity index (χ1n) is 9.75. The van der Waals surface area contributed by atoms with Crippen LogP contribution in [0, 0.1) is 13.8 Å². The summed E-state index contributed by atoms with van der Waals surface area (Å²) in [5, 5.41) is 4.80. The molecule has 1 N–H and O–H groups in total. The van der Waals surface area contributed by atoms with Gasteiger partial charge >= 0.3 is 0 Å². The smallest absolute Gasteiger partial charge is 0.267 e. The van der Waals surface area contributed by atoms with Crippen LogP contribution in [-0.4, -0.2) is 20.9 Å². The second kappa shape index (κ2) is 8.02. The van der Waals surface area contributed by atoms with Crippen LogP contribution in [0.3, 0.4) is 0 Å². The van der Waals surface area contributed by atoms with E-state index in [0.29, 0.717) is 4.88 Å². The van der Waals surface area contributed by atoms with Gasteiger partial charge in [-0.05, 0) is 49.7 Å². The van der Waals surface area contributed by atoms with E-state index in [9.17, 15) is 4.79 Å². The first kappa shape index (κ1) is 19.5. The van der Waals surface area contributed by atoms with Crippen molar-refractivity contribution in [2.45, 2.75) is 13.8 Å². The number of carbonyl (C=O) groups excluding carboxylic acids is 1. The number of fused-ring (bicyclic) bond motifs is 1. The maximum Gasteiger partial charge on any atom is 0.267 e. The van der Waals surface area contributed by atoms with E-state index < -0.39 is 0 Å². The Morgan fingerprint density at radius 2 is 1.68 bits per heavy atom. The number of nitrogens with one attached hydrogen (secondary N) is 1. The van der Waals surface area contributed by atoms with Crippen molar-refractivity contribution in [2.75, 3.05) is 5.32 Å². The number of anilines is 1. The van der Waals surface area contributed by atoms with E-state index in [1.807, 2.05) is 74.5 Å². The van der Waals surface area contributed by atoms with Crippen molar-refractivity contribution in [2.24, 2.45) is 0 Å². The van der Waals surface area contributed by atoms with E-state index in [2.05, 4.69) is 20.3 Å². The largest absolute Gasteiger partial charge is 0.321 e. The van der Waals surface area contributed by atoms with Crippen molar-refractivity contribution >= 4 is 44.6 Å². The Morgan fingerprint density at radius 3 is 2.45 bits per heavy atom. The molecular weight excluding hydrogens is 424 g/mol. The first-order valence-corrected chi connectivity index (χ1v) is 11.4. The molecule has 0 aliphatic heterocycles. The summed E-state index contributed by atoms with van der Waals surface area (Å²) in [6.07, 6.45) is 1.78. The summed E-state index contributed by atoms with van der Waals surface area (Å²) in [5.74, 6) is -0.141. The van der Waals surface area contributed by atoms with Gasteiger partial charge < -0.3 is 5.32 Å². The summed E-state index contributed by atoms with van der Waals surface area (Å²) in [6, 6.07) is 19.7. The molecule has 0 aliphatic carbocycles. The summed E-state index contributed by atoms with van der Waals surface area (Å²) in [6.45, 7) is 3.86. The zero-order chi connectivity index (χ0) is 21.4. The lowest BCUT2D eigenvalue weighted by molar-refractivity contribution is 0.102. The molecule has 3 heterocycles. The van der Waals surface area contributed by atoms with E-state index in [1.54, 1.807) is 17.5 Å². The molecule has 5 nitrogen and oxygen atoms in total. The van der Waals surface area contributed by atoms with Gasteiger partial charge in [0.2, 0.25) is 0 Å². The molecule has 5 rings (SSSR count). The summed E-state index contributed by atoms with van der Waals surface area (Å²) in [7, 11) is 0. The predicted octanol–water partition coefficient (Wildman–Crippen LogP) is 6.35. The Balaban J connectivity index is 1.39. The first-order chi connectivity index (χ1) is 15.1. The highest BCUT2D eigenvalue weighted by Crippen LogP contribution is 2.32. The summed E-state index contributed by atoms with van der Waals surface area (Å²) < 4.78 is 0. The zero-order valence-corrected chi connectivity index (χ0v) is 18.6. The average Bonchev–Trinajstić information content (AvgIpc) is 3.39. The standard InChI is InChI=1S/C24H18N4OS2/c1-14-13-17(23-28-19-9-6-12-25-24(19)31-23)10-11-18(14)27-21(29)20-15(2)26-22(30-20)16-7-4-3-5-8-16/h3-13H,1-2H3,(H,27,29). The minimum absolute atomic E-state index is 0.141. The van der Waals surface area contributed by atoms with Crippen molar-refractivity contribution in [3.05, 3.63) is 83.0 Å². The molecule has 0 spiro atoms. The fraction of sp³-hybridized carbons (Fsp3) is 0.0833. The van der Waals surface area contributed by atoms with E-state index >= 15 is 0 Å². The quantitative estimate of drug-likeness (QED) is 0.352. The van der Waals surface area contributed by atoms with Gasteiger partial charge in [0.05, 0.1) is 5.69 Å². The lowest BCUT2D eigenvalue weighted by Crippen LogP contribution is -2.12. The second-order valence-corrected chi connectivity index (χ2v) is 9.11. The molecule has 5 aromatic rings. The van der Waals surface area contributed by atoms with E-state index in [0.717, 1.165) is 48.4 Å². The topological polar surface area (TPSA) is 67.8 Å². The molecule has 0 bridgehead atoms. The fourth-order valence-electron chi connectivity index (χ4n) is 3.32.